The first kappa shape index (κ1) is 12.8. The van der Waals surface area contributed by atoms with E-state index in [9.17, 15) is 0 Å². The van der Waals surface area contributed by atoms with Gasteiger partial charge in [-0.25, -0.2) is 0 Å². The minimum absolute atomic E-state index is 0.0547. The SMILES string of the molecule is C[C@H](C#N)CSc1nnc(-c2ccc3c(c2)OCO3)o1. The molecular formula is C13H11N3O3S. The van der Waals surface area contributed by atoms with Gasteiger partial charge in [0, 0.05) is 11.3 Å². The summed E-state index contributed by atoms with van der Waals surface area (Å²) < 4.78 is 16.1. The van der Waals surface area contributed by atoms with Crippen LogP contribution in [-0.2, 0) is 0 Å². The molecule has 0 saturated carbocycles. The lowest BCUT2D eigenvalue weighted by Gasteiger charge is -1.98. The number of rotatable bonds is 4. The number of ether oxygens (including phenoxy) is 2. The van der Waals surface area contributed by atoms with Crippen molar-refractivity contribution in [3.8, 4) is 29.0 Å². The molecule has 0 fully saturated rings. The molecule has 7 heteroatoms. The van der Waals surface area contributed by atoms with E-state index in [-0.39, 0.29) is 12.7 Å². The van der Waals surface area contributed by atoms with E-state index >= 15 is 0 Å². The van der Waals surface area contributed by atoms with Crippen LogP contribution >= 0.6 is 11.8 Å². The van der Waals surface area contributed by atoms with E-state index in [1.165, 1.54) is 11.8 Å². The van der Waals surface area contributed by atoms with Crippen LogP contribution in [0.2, 0.25) is 0 Å². The Hall–Kier alpha value is -2.20. The highest BCUT2D eigenvalue weighted by Crippen LogP contribution is 2.36. The van der Waals surface area contributed by atoms with Gasteiger partial charge in [-0.1, -0.05) is 11.8 Å². The topological polar surface area (TPSA) is 81.2 Å². The molecule has 1 aromatic carbocycles. The first-order chi connectivity index (χ1) is 9.76. The molecule has 20 heavy (non-hydrogen) atoms. The van der Waals surface area contributed by atoms with E-state index in [0.29, 0.717) is 28.4 Å². The van der Waals surface area contributed by atoms with Gasteiger partial charge in [0.2, 0.25) is 12.7 Å². The molecule has 1 aliphatic rings. The third-order valence-electron chi connectivity index (χ3n) is 2.70. The Bertz CT molecular complexity index is 665. The average molecular weight is 289 g/mol. The van der Waals surface area contributed by atoms with E-state index < -0.39 is 0 Å². The zero-order valence-electron chi connectivity index (χ0n) is 10.7. The van der Waals surface area contributed by atoms with Gasteiger partial charge in [0.15, 0.2) is 11.5 Å². The van der Waals surface area contributed by atoms with E-state index in [4.69, 9.17) is 19.2 Å². The molecule has 0 spiro atoms. The van der Waals surface area contributed by atoms with Gasteiger partial charge in [0.25, 0.3) is 5.22 Å². The quantitative estimate of drug-likeness (QED) is 0.800. The molecule has 0 amide bonds. The van der Waals surface area contributed by atoms with Crippen LogP contribution in [0.3, 0.4) is 0 Å². The normalized spacial score (nSPS) is 14.0. The Labute approximate surface area is 119 Å². The van der Waals surface area contributed by atoms with E-state index in [1.807, 2.05) is 25.1 Å². The number of benzene rings is 1. The summed E-state index contributed by atoms with van der Waals surface area (Å²) in [5.74, 6) is 2.38. The number of nitriles is 1. The van der Waals surface area contributed by atoms with Gasteiger partial charge in [-0.2, -0.15) is 5.26 Å². The summed E-state index contributed by atoms with van der Waals surface area (Å²) in [6.45, 7) is 2.08. The van der Waals surface area contributed by atoms with Gasteiger partial charge in [-0.15, -0.1) is 10.2 Å². The van der Waals surface area contributed by atoms with Crippen LogP contribution in [0.25, 0.3) is 11.5 Å². The lowest BCUT2D eigenvalue weighted by Crippen LogP contribution is -1.92. The monoisotopic (exact) mass is 289 g/mol. The van der Waals surface area contributed by atoms with Crippen molar-refractivity contribution in [1.29, 1.82) is 5.26 Å². The fourth-order valence-electron chi connectivity index (χ4n) is 1.65. The molecule has 1 aliphatic heterocycles. The van der Waals surface area contributed by atoms with Gasteiger partial charge in [0.1, 0.15) is 0 Å². The Balaban J connectivity index is 1.75. The van der Waals surface area contributed by atoms with Crippen molar-refractivity contribution in [1.82, 2.24) is 10.2 Å². The molecule has 0 N–H and O–H groups in total. The van der Waals surface area contributed by atoms with Gasteiger partial charge in [-0.3, -0.25) is 0 Å². The second-order valence-corrected chi connectivity index (χ2v) is 5.25. The van der Waals surface area contributed by atoms with Crippen molar-refractivity contribution >= 4 is 11.8 Å². The van der Waals surface area contributed by atoms with E-state index in [1.54, 1.807) is 0 Å². The van der Waals surface area contributed by atoms with Gasteiger partial charge < -0.3 is 13.9 Å². The summed E-state index contributed by atoms with van der Waals surface area (Å²) >= 11 is 1.38. The number of hydrogen-bond donors (Lipinski definition) is 0. The third-order valence-corrected chi connectivity index (χ3v) is 3.78. The van der Waals surface area contributed by atoms with E-state index in [0.717, 1.165) is 5.56 Å². The molecular weight excluding hydrogens is 278 g/mol. The number of hydrogen-bond acceptors (Lipinski definition) is 7. The summed E-state index contributed by atoms with van der Waals surface area (Å²) in [5.41, 5.74) is 0.780. The first-order valence-corrected chi connectivity index (χ1v) is 7.01. The minimum Gasteiger partial charge on any atom is -0.454 e. The zero-order valence-corrected chi connectivity index (χ0v) is 11.5. The minimum atomic E-state index is -0.0547. The highest BCUT2D eigenvalue weighted by Gasteiger charge is 2.17. The number of thioether (sulfide) groups is 1. The molecule has 1 atom stereocenters. The summed E-state index contributed by atoms with van der Waals surface area (Å²) in [4.78, 5) is 0. The highest BCUT2D eigenvalue weighted by atomic mass is 32.2. The van der Waals surface area contributed by atoms with Crippen LogP contribution in [0, 0.1) is 17.2 Å². The van der Waals surface area contributed by atoms with Crippen molar-refractivity contribution in [2.75, 3.05) is 12.5 Å². The van der Waals surface area contributed by atoms with Crippen molar-refractivity contribution in [2.24, 2.45) is 5.92 Å². The smallest absolute Gasteiger partial charge is 0.276 e. The first-order valence-electron chi connectivity index (χ1n) is 6.02. The largest absolute Gasteiger partial charge is 0.454 e. The van der Waals surface area contributed by atoms with Gasteiger partial charge in [-0.05, 0) is 25.1 Å². The maximum Gasteiger partial charge on any atom is 0.276 e. The predicted molar refractivity (Wildman–Crippen MR) is 71.4 cm³/mol. The summed E-state index contributed by atoms with van der Waals surface area (Å²) in [6.07, 6.45) is 0. The lowest BCUT2D eigenvalue weighted by molar-refractivity contribution is 0.174. The van der Waals surface area contributed by atoms with Crippen molar-refractivity contribution in [3.63, 3.8) is 0 Å². The van der Waals surface area contributed by atoms with Crippen LogP contribution < -0.4 is 9.47 Å². The summed E-state index contributed by atoms with van der Waals surface area (Å²) in [5, 5.41) is 17.1. The van der Waals surface area contributed by atoms with Crippen molar-refractivity contribution in [2.45, 2.75) is 12.1 Å². The molecule has 6 nitrogen and oxygen atoms in total. The Morgan fingerprint density at radius 3 is 3.05 bits per heavy atom. The van der Waals surface area contributed by atoms with E-state index in [2.05, 4.69) is 16.3 Å². The zero-order chi connectivity index (χ0) is 13.9. The number of aromatic nitrogens is 2. The maximum absolute atomic E-state index is 8.73. The fraction of sp³-hybridized carbons (Fsp3) is 0.308. The Morgan fingerprint density at radius 2 is 2.20 bits per heavy atom. The van der Waals surface area contributed by atoms with Crippen molar-refractivity contribution < 1.29 is 13.9 Å². The van der Waals surface area contributed by atoms with Gasteiger partial charge in [0.05, 0.1) is 12.0 Å². The highest BCUT2D eigenvalue weighted by molar-refractivity contribution is 7.99. The molecule has 0 bridgehead atoms. The van der Waals surface area contributed by atoms with Crippen LogP contribution in [0.4, 0.5) is 0 Å². The molecule has 0 saturated heterocycles. The maximum atomic E-state index is 8.73. The predicted octanol–water partition coefficient (Wildman–Crippen LogP) is 2.72. The second-order valence-electron chi connectivity index (χ2n) is 4.28. The van der Waals surface area contributed by atoms with Crippen LogP contribution in [0.1, 0.15) is 6.92 Å². The standard InChI is InChI=1S/C13H11N3O3S/c1-8(5-14)6-20-13-16-15-12(19-13)9-2-3-10-11(4-9)18-7-17-10/h2-4,8H,6-7H2,1H3/t8-/m1/s1. The molecule has 2 heterocycles. The molecule has 102 valence electrons. The van der Waals surface area contributed by atoms with Gasteiger partial charge >= 0.3 is 0 Å². The Morgan fingerprint density at radius 1 is 1.35 bits per heavy atom. The summed E-state index contributed by atoms with van der Waals surface area (Å²) in [7, 11) is 0. The van der Waals surface area contributed by atoms with Crippen molar-refractivity contribution in [3.05, 3.63) is 18.2 Å². The molecule has 3 rings (SSSR count). The molecule has 0 radical (unpaired) electrons. The van der Waals surface area contributed by atoms with Crippen LogP contribution in [0.15, 0.2) is 27.8 Å². The number of nitrogens with zero attached hydrogens (tertiary/aromatic N) is 3. The lowest BCUT2D eigenvalue weighted by atomic mass is 10.2. The van der Waals surface area contributed by atoms with Crippen LogP contribution in [0.5, 0.6) is 11.5 Å². The Kier molecular flexibility index (Phi) is 3.48. The average Bonchev–Trinajstić information content (AvgIpc) is 3.12. The molecule has 0 unspecified atom stereocenters. The fourth-order valence-corrected chi connectivity index (χ4v) is 2.35. The van der Waals surface area contributed by atoms with Crippen LogP contribution in [-0.4, -0.2) is 22.7 Å². The molecule has 1 aromatic heterocycles. The second kappa shape index (κ2) is 5.43. The molecule has 2 aromatic rings. The summed E-state index contributed by atoms with van der Waals surface area (Å²) in [6, 6.07) is 7.62. The molecule has 0 aliphatic carbocycles. The third kappa shape index (κ3) is 2.56. The number of fused-ring (bicyclic) bond motifs is 1.